The minimum Gasteiger partial charge on any atom is -0.383 e. The number of nitrogens with two attached hydrogens (primary N) is 1. The molecule has 0 saturated carbocycles. The number of hydrogen-bond donors (Lipinski definition) is 2. The molecule has 1 aromatic carbocycles. The quantitative estimate of drug-likeness (QED) is 0.560. The molecule has 0 aliphatic carbocycles. The van der Waals surface area contributed by atoms with Crippen LogP contribution in [0.1, 0.15) is 50.4 Å². The number of unbranched alkanes of at least 4 members (excludes halogenated alkanes) is 1. The average molecular weight is 453 g/mol. The number of carbonyl (C=O) groups is 1. The molecule has 1 amide bonds. The number of carbonyl (C=O) groups excluding carboxylic acids is 1. The van der Waals surface area contributed by atoms with Gasteiger partial charge in [-0.2, -0.15) is 0 Å². The topological polar surface area (TPSA) is 101 Å². The summed E-state index contributed by atoms with van der Waals surface area (Å²) < 4.78 is 1.32. The first kappa shape index (κ1) is 24.1. The van der Waals surface area contributed by atoms with Crippen LogP contribution in [0.4, 0.5) is 11.5 Å². The Bertz CT molecular complexity index is 1020. The van der Waals surface area contributed by atoms with E-state index in [-0.39, 0.29) is 23.6 Å². The fourth-order valence-corrected chi connectivity index (χ4v) is 3.66. The van der Waals surface area contributed by atoms with E-state index in [0.717, 1.165) is 17.7 Å². The molecule has 0 radical (unpaired) electrons. The highest BCUT2D eigenvalue weighted by atomic mass is 35.5. The van der Waals surface area contributed by atoms with E-state index < -0.39 is 17.2 Å². The zero-order chi connectivity index (χ0) is 22.4. The van der Waals surface area contributed by atoms with Crippen LogP contribution in [-0.4, -0.2) is 28.3 Å². The number of nitrogen functional groups attached to an aromatic ring is 1. The number of H-pyrrole nitrogens is 1. The number of rotatable bonds is 9. The molecule has 9 heteroatoms. The van der Waals surface area contributed by atoms with Crippen molar-refractivity contribution in [3.05, 3.63) is 49.6 Å². The van der Waals surface area contributed by atoms with Crippen LogP contribution in [-0.2, 0) is 6.54 Å². The highest BCUT2D eigenvalue weighted by Crippen LogP contribution is 2.27. The van der Waals surface area contributed by atoms with Crippen LogP contribution < -0.4 is 21.9 Å². The Balaban J connectivity index is 2.64. The maximum Gasteiger partial charge on any atom is 0.330 e. The van der Waals surface area contributed by atoms with Crippen molar-refractivity contribution in [2.45, 2.75) is 51.5 Å². The summed E-state index contributed by atoms with van der Waals surface area (Å²) >= 11 is 7.80. The van der Waals surface area contributed by atoms with Crippen molar-refractivity contribution < 1.29 is 4.79 Å². The van der Waals surface area contributed by atoms with Gasteiger partial charge in [-0.05, 0) is 43.2 Å². The van der Waals surface area contributed by atoms with E-state index in [0.29, 0.717) is 23.9 Å². The van der Waals surface area contributed by atoms with Gasteiger partial charge in [-0.25, -0.2) is 4.79 Å². The van der Waals surface area contributed by atoms with Gasteiger partial charge in [0.15, 0.2) is 5.69 Å². The molecule has 0 spiro atoms. The van der Waals surface area contributed by atoms with E-state index in [2.05, 4.69) is 4.98 Å². The van der Waals surface area contributed by atoms with Crippen LogP contribution >= 0.6 is 23.4 Å². The second kappa shape index (κ2) is 10.7. The normalized spacial score (nSPS) is 11.1. The fraction of sp³-hybridized carbons (Fsp3) is 0.476. The largest absolute Gasteiger partial charge is 0.383 e. The number of benzene rings is 1. The third-order valence-electron chi connectivity index (χ3n) is 4.80. The summed E-state index contributed by atoms with van der Waals surface area (Å²) in [6.45, 7) is 6.68. The maximum absolute atomic E-state index is 13.5. The first-order valence-corrected chi connectivity index (χ1v) is 11.6. The van der Waals surface area contributed by atoms with E-state index >= 15 is 0 Å². The Morgan fingerprint density at radius 1 is 1.33 bits per heavy atom. The maximum atomic E-state index is 13.5. The van der Waals surface area contributed by atoms with Crippen molar-refractivity contribution in [3.8, 4) is 0 Å². The third-order valence-corrected chi connectivity index (χ3v) is 5.85. The summed E-state index contributed by atoms with van der Waals surface area (Å²) in [4.78, 5) is 43.1. The van der Waals surface area contributed by atoms with Gasteiger partial charge < -0.3 is 10.6 Å². The number of nitrogens with zero attached hydrogens (tertiary/aromatic N) is 2. The predicted octanol–water partition coefficient (Wildman–Crippen LogP) is 3.99. The number of halogens is 1. The van der Waals surface area contributed by atoms with Crippen LogP contribution in [0.2, 0.25) is 5.02 Å². The van der Waals surface area contributed by atoms with E-state index in [9.17, 15) is 14.4 Å². The number of aromatic amines is 1. The highest BCUT2D eigenvalue weighted by molar-refractivity contribution is 7.98. The molecule has 0 unspecified atom stereocenters. The second-order valence-electron chi connectivity index (χ2n) is 7.48. The Kier molecular flexibility index (Phi) is 8.61. The lowest BCUT2D eigenvalue weighted by molar-refractivity contribution is 0.0985. The van der Waals surface area contributed by atoms with Gasteiger partial charge in [0.25, 0.3) is 11.5 Å². The van der Waals surface area contributed by atoms with E-state index in [1.165, 1.54) is 21.2 Å². The molecule has 0 aliphatic rings. The summed E-state index contributed by atoms with van der Waals surface area (Å²) in [5.41, 5.74) is 5.28. The Morgan fingerprint density at radius 3 is 2.63 bits per heavy atom. The molecule has 1 heterocycles. The number of thioether (sulfide) groups is 1. The van der Waals surface area contributed by atoms with E-state index in [1.807, 2.05) is 33.1 Å². The molecule has 2 rings (SSSR count). The van der Waals surface area contributed by atoms with Crippen LogP contribution in [0.15, 0.2) is 32.7 Å². The van der Waals surface area contributed by atoms with E-state index in [1.54, 1.807) is 12.1 Å². The predicted molar refractivity (Wildman–Crippen MR) is 125 cm³/mol. The molecule has 2 aromatic rings. The van der Waals surface area contributed by atoms with Crippen LogP contribution in [0, 0.1) is 5.92 Å². The van der Waals surface area contributed by atoms with Gasteiger partial charge in [0.1, 0.15) is 5.82 Å². The molecule has 7 nitrogen and oxygen atoms in total. The number of aromatic nitrogens is 2. The Labute approximate surface area is 185 Å². The number of anilines is 2. The zero-order valence-corrected chi connectivity index (χ0v) is 19.4. The summed E-state index contributed by atoms with van der Waals surface area (Å²) in [5.74, 6) is -0.138. The minimum atomic E-state index is -0.681. The molecule has 1 aromatic heterocycles. The first-order valence-electron chi connectivity index (χ1n) is 9.99. The average Bonchev–Trinajstić information content (AvgIpc) is 2.69. The van der Waals surface area contributed by atoms with Gasteiger partial charge in [-0.15, -0.1) is 11.8 Å². The summed E-state index contributed by atoms with van der Waals surface area (Å²) in [6, 6.07) is 5.19. The zero-order valence-electron chi connectivity index (χ0n) is 17.8. The van der Waals surface area contributed by atoms with Gasteiger partial charge in [0.05, 0.1) is 10.6 Å². The lowest BCUT2D eigenvalue weighted by Crippen LogP contribution is -2.42. The van der Waals surface area contributed by atoms with Gasteiger partial charge in [0.2, 0.25) is 0 Å². The van der Waals surface area contributed by atoms with Crippen molar-refractivity contribution in [2.24, 2.45) is 5.92 Å². The molecule has 3 N–H and O–H groups in total. The smallest absolute Gasteiger partial charge is 0.330 e. The molecule has 0 fully saturated rings. The molecule has 0 atom stereocenters. The summed E-state index contributed by atoms with van der Waals surface area (Å²) in [7, 11) is 0. The molecule has 30 heavy (non-hydrogen) atoms. The molecule has 164 valence electrons. The molecule has 0 saturated heterocycles. The lowest BCUT2D eigenvalue weighted by Gasteiger charge is -2.26. The fourth-order valence-electron chi connectivity index (χ4n) is 3.02. The van der Waals surface area contributed by atoms with Crippen molar-refractivity contribution in [2.75, 3.05) is 23.4 Å². The van der Waals surface area contributed by atoms with Crippen molar-refractivity contribution in [1.29, 1.82) is 0 Å². The first-order chi connectivity index (χ1) is 14.2. The Hall–Kier alpha value is -2.19. The standard InChI is InChI=1S/C21H29ClN4O3S/c1-5-6-10-26-18(23)17(19(27)24-21(26)29)25(11-9-13(2)3)20(28)15-12-14(30-4)7-8-16(15)22/h7-8,12-13H,5-6,9-11,23H2,1-4H3,(H,24,27,29). The van der Waals surface area contributed by atoms with Gasteiger partial charge in [-0.1, -0.05) is 38.8 Å². The third kappa shape index (κ3) is 5.49. The molecule has 0 bridgehead atoms. The van der Waals surface area contributed by atoms with Crippen molar-refractivity contribution in [3.63, 3.8) is 0 Å². The van der Waals surface area contributed by atoms with Crippen LogP contribution in [0.25, 0.3) is 0 Å². The lowest BCUT2D eigenvalue weighted by atomic mass is 10.1. The van der Waals surface area contributed by atoms with Crippen molar-refractivity contribution >= 4 is 40.8 Å². The summed E-state index contributed by atoms with van der Waals surface area (Å²) in [6.07, 6.45) is 4.13. The van der Waals surface area contributed by atoms with Crippen molar-refractivity contribution in [1.82, 2.24) is 9.55 Å². The molecule has 0 aliphatic heterocycles. The van der Waals surface area contributed by atoms with Gasteiger partial charge >= 0.3 is 5.69 Å². The second-order valence-corrected chi connectivity index (χ2v) is 8.77. The van der Waals surface area contributed by atoms with Gasteiger partial charge in [-0.3, -0.25) is 19.1 Å². The van der Waals surface area contributed by atoms with Crippen LogP contribution in [0.5, 0.6) is 0 Å². The Morgan fingerprint density at radius 2 is 2.03 bits per heavy atom. The van der Waals surface area contributed by atoms with E-state index in [4.69, 9.17) is 17.3 Å². The monoisotopic (exact) mass is 452 g/mol. The molecular weight excluding hydrogens is 424 g/mol. The van der Waals surface area contributed by atoms with Crippen LogP contribution in [0.3, 0.4) is 0 Å². The number of nitrogens with one attached hydrogen (secondary N) is 1. The minimum absolute atomic E-state index is 0.00792. The number of hydrogen-bond acceptors (Lipinski definition) is 5. The SMILES string of the molecule is CCCCn1c(N)c(N(CCC(C)C)C(=O)c2cc(SC)ccc2Cl)c(=O)[nH]c1=O. The summed E-state index contributed by atoms with van der Waals surface area (Å²) in [5, 5.41) is 0.293. The highest BCUT2D eigenvalue weighted by Gasteiger charge is 2.27. The molecular formula is C21H29ClN4O3S. The van der Waals surface area contributed by atoms with Gasteiger partial charge in [0, 0.05) is 18.0 Å². The number of amides is 1.